The summed E-state index contributed by atoms with van der Waals surface area (Å²) in [6, 6.07) is 64.4. The van der Waals surface area contributed by atoms with Gasteiger partial charge in [0.25, 0.3) is 0 Å². The van der Waals surface area contributed by atoms with Crippen LogP contribution in [0.4, 0.5) is 0 Å². The zero-order chi connectivity index (χ0) is 32.6. The molecule has 0 atom stereocenters. The predicted octanol–water partition coefficient (Wildman–Crippen LogP) is 12.8. The second kappa shape index (κ2) is 12.5. The van der Waals surface area contributed by atoms with E-state index in [1.807, 2.05) is 17.4 Å². The van der Waals surface area contributed by atoms with Gasteiger partial charge in [-0.2, -0.15) is 0 Å². The van der Waals surface area contributed by atoms with Crippen molar-refractivity contribution in [3.8, 4) is 66.6 Å². The minimum absolute atomic E-state index is 0.707. The largest absolute Gasteiger partial charge is 0.228 e. The van der Waals surface area contributed by atoms with Gasteiger partial charge in [-0.3, -0.25) is 0 Å². The summed E-state index contributed by atoms with van der Waals surface area (Å²) in [5.41, 5.74) is 10.8. The number of hydrogen-bond acceptors (Lipinski definition) is 3. The van der Waals surface area contributed by atoms with Crippen molar-refractivity contribution in [1.82, 2.24) is 9.97 Å². The van der Waals surface area contributed by atoms with Crippen molar-refractivity contribution in [3.63, 3.8) is 0 Å². The molecule has 0 aliphatic heterocycles. The lowest BCUT2D eigenvalue weighted by molar-refractivity contribution is 1.18. The van der Waals surface area contributed by atoms with Gasteiger partial charge in [-0.1, -0.05) is 164 Å². The van der Waals surface area contributed by atoms with Crippen LogP contribution < -0.4 is 0 Å². The Morgan fingerprint density at radius 3 is 1.61 bits per heavy atom. The van der Waals surface area contributed by atoms with Gasteiger partial charge in [0.05, 0.1) is 11.4 Å². The van der Waals surface area contributed by atoms with E-state index < -0.39 is 0 Å². The molecule has 0 fully saturated rings. The van der Waals surface area contributed by atoms with E-state index >= 15 is 0 Å². The summed E-state index contributed by atoms with van der Waals surface area (Å²) in [5.74, 6) is 0.707. The number of hydrogen-bond donors (Lipinski definition) is 0. The lowest BCUT2D eigenvalue weighted by Crippen LogP contribution is -1.97. The Morgan fingerprint density at radius 2 is 0.878 bits per heavy atom. The predicted molar refractivity (Wildman–Crippen MR) is 208 cm³/mol. The average molecular weight is 643 g/mol. The SMILES string of the molecule is c1ccc(-c2ccccc2-c2nc(-c3ccc(-c4cc5ccccc5s4)cc3)cc(-c3ccc(-c4cccc5ccccc45)cc3)n2)cc1. The topological polar surface area (TPSA) is 25.8 Å². The monoisotopic (exact) mass is 642 g/mol. The van der Waals surface area contributed by atoms with Gasteiger partial charge in [0, 0.05) is 26.3 Å². The first-order chi connectivity index (χ1) is 24.3. The highest BCUT2D eigenvalue weighted by atomic mass is 32.1. The molecule has 0 spiro atoms. The Morgan fingerprint density at radius 1 is 0.347 bits per heavy atom. The highest BCUT2D eigenvalue weighted by Gasteiger charge is 2.15. The van der Waals surface area contributed by atoms with Crippen molar-refractivity contribution in [2.75, 3.05) is 0 Å². The van der Waals surface area contributed by atoms with Crippen molar-refractivity contribution in [2.24, 2.45) is 0 Å². The summed E-state index contributed by atoms with van der Waals surface area (Å²) < 4.78 is 1.30. The Labute approximate surface area is 289 Å². The molecule has 0 N–H and O–H groups in total. The minimum atomic E-state index is 0.707. The fourth-order valence-corrected chi connectivity index (χ4v) is 7.71. The van der Waals surface area contributed by atoms with E-state index in [4.69, 9.17) is 9.97 Å². The third kappa shape index (κ3) is 5.61. The first-order valence-corrected chi connectivity index (χ1v) is 17.3. The van der Waals surface area contributed by atoms with Crippen molar-refractivity contribution in [2.45, 2.75) is 0 Å². The normalized spacial score (nSPS) is 11.3. The standard InChI is InChI=1S/C46H30N2S/c1-2-11-31(12-3-1)40-17-7-8-18-41(40)46-47-42(34-23-21-33(22-24-34)39-19-10-15-32-13-4-6-16-38(32)39)30-43(48-46)35-25-27-36(28-26-35)45-29-37-14-5-9-20-44(37)49-45/h1-30H. The number of aromatic nitrogens is 2. The fourth-order valence-electron chi connectivity index (χ4n) is 6.64. The van der Waals surface area contributed by atoms with Gasteiger partial charge < -0.3 is 0 Å². The van der Waals surface area contributed by atoms with Gasteiger partial charge in [0.15, 0.2) is 5.82 Å². The molecule has 0 saturated carbocycles. The summed E-state index contributed by atoms with van der Waals surface area (Å²) in [6.07, 6.45) is 0. The summed E-state index contributed by atoms with van der Waals surface area (Å²) >= 11 is 1.83. The van der Waals surface area contributed by atoms with Crippen LogP contribution in [-0.4, -0.2) is 9.97 Å². The summed E-state index contributed by atoms with van der Waals surface area (Å²) in [6.45, 7) is 0. The Bertz CT molecular complexity index is 2550. The van der Waals surface area contributed by atoms with Crippen LogP contribution in [0, 0.1) is 0 Å². The molecule has 49 heavy (non-hydrogen) atoms. The fraction of sp³-hybridized carbons (Fsp3) is 0. The van der Waals surface area contributed by atoms with Crippen LogP contribution >= 0.6 is 11.3 Å². The van der Waals surface area contributed by atoms with E-state index in [1.165, 1.54) is 42.4 Å². The Hall–Kier alpha value is -6.16. The van der Waals surface area contributed by atoms with Crippen LogP contribution in [-0.2, 0) is 0 Å². The molecule has 2 aromatic heterocycles. The van der Waals surface area contributed by atoms with E-state index in [0.29, 0.717) is 5.82 Å². The molecule has 3 heteroatoms. The van der Waals surface area contributed by atoms with Crippen LogP contribution in [0.1, 0.15) is 0 Å². The molecule has 7 aromatic carbocycles. The quantitative estimate of drug-likeness (QED) is 0.180. The summed E-state index contributed by atoms with van der Waals surface area (Å²) in [5, 5.41) is 3.77. The van der Waals surface area contributed by atoms with Gasteiger partial charge in [0.1, 0.15) is 0 Å². The molecule has 0 bridgehead atoms. The first kappa shape index (κ1) is 29.0. The van der Waals surface area contributed by atoms with Gasteiger partial charge in [-0.25, -0.2) is 9.97 Å². The molecule has 0 radical (unpaired) electrons. The maximum Gasteiger partial charge on any atom is 0.161 e. The van der Waals surface area contributed by atoms with Gasteiger partial charge >= 0.3 is 0 Å². The second-order valence-electron chi connectivity index (χ2n) is 12.2. The number of benzene rings is 7. The molecule has 0 amide bonds. The maximum absolute atomic E-state index is 5.22. The molecular formula is C46H30N2S. The number of nitrogens with zero attached hydrogens (tertiary/aromatic N) is 2. The zero-order valence-corrected chi connectivity index (χ0v) is 27.4. The molecule has 9 rings (SSSR count). The molecule has 0 aliphatic rings. The van der Waals surface area contributed by atoms with Crippen LogP contribution in [0.3, 0.4) is 0 Å². The Kier molecular flexibility index (Phi) is 7.38. The molecular weight excluding hydrogens is 613 g/mol. The number of fused-ring (bicyclic) bond motifs is 2. The van der Waals surface area contributed by atoms with Crippen LogP contribution in [0.2, 0.25) is 0 Å². The van der Waals surface area contributed by atoms with Crippen molar-refractivity contribution >= 4 is 32.2 Å². The first-order valence-electron chi connectivity index (χ1n) is 16.5. The van der Waals surface area contributed by atoms with Crippen molar-refractivity contribution < 1.29 is 0 Å². The lowest BCUT2D eigenvalue weighted by atomic mass is 9.96. The third-order valence-corrected chi connectivity index (χ3v) is 10.3. The second-order valence-corrected chi connectivity index (χ2v) is 13.3. The minimum Gasteiger partial charge on any atom is -0.228 e. The summed E-state index contributed by atoms with van der Waals surface area (Å²) in [4.78, 5) is 11.7. The van der Waals surface area contributed by atoms with Crippen LogP contribution in [0.25, 0.3) is 87.5 Å². The molecule has 9 aromatic rings. The molecule has 2 heterocycles. The molecule has 2 nitrogen and oxygen atoms in total. The van der Waals surface area contributed by atoms with Gasteiger partial charge in [0.2, 0.25) is 0 Å². The Balaban J connectivity index is 1.15. The van der Waals surface area contributed by atoms with Crippen LogP contribution in [0.15, 0.2) is 182 Å². The number of thiophene rings is 1. The lowest BCUT2D eigenvalue weighted by Gasteiger charge is -2.13. The maximum atomic E-state index is 5.22. The van der Waals surface area contributed by atoms with Crippen molar-refractivity contribution in [1.29, 1.82) is 0 Å². The van der Waals surface area contributed by atoms with Crippen molar-refractivity contribution in [3.05, 3.63) is 182 Å². The summed E-state index contributed by atoms with van der Waals surface area (Å²) in [7, 11) is 0. The van der Waals surface area contributed by atoms with E-state index in [2.05, 4.69) is 176 Å². The van der Waals surface area contributed by atoms with Gasteiger partial charge in [-0.15, -0.1) is 11.3 Å². The zero-order valence-electron chi connectivity index (χ0n) is 26.6. The van der Waals surface area contributed by atoms with E-state index in [1.54, 1.807) is 0 Å². The number of rotatable bonds is 6. The third-order valence-electron chi connectivity index (χ3n) is 9.15. The highest BCUT2D eigenvalue weighted by molar-refractivity contribution is 7.22. The van der Waals surface area contributed by atoms with E-state index in [-0.39, 0.29) is 0 Å². The van der Waals surface area contributed by atoms with E-state index in [0.717, 1.165) is 39.2 Å². The molecule has 230 valence electrons. The molecule has 0 aliphatic carbocycles. The highest BCUT2D eigenvalue weighted by Crippen LogP contribution is 2.37. The van der Waals surface area contributed by atoms with Gasteiger partial charge in [-0.05, 0) is 62.2 Å². The van der Waals surface area contributed by atoms with Crippen LogP contribution in [0.5, 0.6) is 0 Å². The molecule has 0 unspecified atom stereocenters. The molecule has 0 saturated heterocycles. The smallest absolute Gasteiger partial charge is 0.161 e. The average Bonchev–Trinajstić information content (AvgIpc) is 3.63. The van der Waals surface area contributed by atoms with E-state index in [9.17, 15) is 0 Å².